The van der Waals surface area contributed by atoms with Crippen LogP contribution in [0.25, 0.3) is 33.4 Å². The van der Waals surface area contributed by atoms with E-state index in [0.717, 1.165) is 100 Å². The molecule has 4 heterocycles. The molecule has 0 saturated carbocycles. The van der Waals surface area contributed by atoms with Gasteiger partial charge in [-0.25, -0.2) is 9.98 Å². The SMILES string of the molecule is Oc1c2c3cccccc-3c1C(c1ccccc1)=C1C=CC(=N1)C(c1ccccc1)=c1ccc([nH]1)=C(c1ccccc1)C1=NC(=C2c2ccccc2)C=C1. The normalized spacial score (nSPS) is 15.0. The van der Waals surface area contributed by atoms with Gasteiger partial charge >= 0.3 is 0 Å². The molecule has 254 valence electrons. The Balaban J connectivity index is 1.42. The Hall–Kier alpha value is -7.30. The number of rotatable bonds is 4. The number of H-pyrrole nitrogens is 1. The maximum absolute atomic E-state index is 12.9. The summed E-state index contributed by atoms with van der Waals surface area (Å²) in [6.07, 6.45) is 8.35. The number of aliphatic imine (C=N–C) groups is 2. The number of hydrogen-bond donors (Lipinski definition) is 2. The van der Waals surface area contributed by atoms with Crippen molar-refractivity contribution in [3.8, 4) is 16.9 Å². The van der Waals surface area contributed by atoms with Gasteiger partial charge in [-0.2, -0.15) is 0 Å². The average molecular weight is 692 g/mol. The molecule has 0 radical (unpaired) electrons. The number of allylic oxidation sites excluding steroid dienone is 4. The highest BCUT2D eigenvalue weighted by Gasteiger charge is 2.32. The van der Waals surface area contributed by atoms with Crippen LogP contribution in [0.2, 0.25) is 0 Å². The predicted molar refractivity (Wildman–Crippen MR) is 221 cm³/mol. The summed E-state index contributed by atoms with van der Waals surface area (Å²) < 4.78 is 0. The van der Waals surface area contributed by atoms with Crippen molar-refractivity contribution >= 4 is 33.7 Å². The van der Waals surface area contributed by atoms with E-state index in [4.69, 9.17) is 9.98 Å². The first kappa shape index (κ1) is 31.4. The standard InChI is InChI=1S/C50H33N3O/c54-50-48-36-24-14-5-15-25-37(36)49(50)47(35-22-12-4-13-23-35)43-31-29-41(53-43)45(33-18-8-2-9-19-33)39-27-26-38(51-39)44(32-16-6-1-7-17-32)40-28-30-42(52-40)46(48)34-20-10-3-11-21-34/h1-31,51,54H. The Bertz CT molecular complexity index is 2690. The summed E-state index contributed by atoms with van der Waals surface area (Å²) >= 11 is 0. The largest absolute Gasteiger partial charge is 0.507 e. The number of nitrogens with zero attached hydrogens (tertiary/aromatic N) is 2. The number of aromatic amines is 1. The van der Waals surface area contributed by atoms with Crippen LogP contribution in [0.15, 0.2) is 209 Å². The second-order valence-electron chi connectivity index (χ2n) is 13.5. The molecule has 2 aliphatic carbocycles. The molecule has 10 rings (SSSR count). The smallest absolute Gasteiger partial charge is 0.132 e. The molecule has 3 aliphatic heterocycles. The van der Waals surface area contributed by atoms with Gasteiger partial charge in [0.05, 0.1) is 22.8 Å². The summed E-state index contributed by atoms with van der Waals surface area (Å²) in [5.41, 5.74) is 14.2. The molecular formula is C50H33N3O. The topological polar surface area (TPSA) is 60.7 Å². The van der Waals surface area contributed by atoms with E-state index < -0.39 is 0 Å². The molecule has 4 nitrogen and oxygen atoms in total. The summed E-state index contributed by atoms with van der Waals surface area (Å²) in [5, 5.41) is 14.8. The summed E-state index contributed by atoms with van der Waals surface area (Å²) in [4.78, 5) is 14.6. The van der Waals surface area contributed by atoms with Gasteiger partial charge in [-0.1, -0.05) is 152 Å². The van der Waals surface area contributed by atoms with Crippen LogP contribution in [0.1, 0.15) is 33.4 Å². The van der Waals surface area contributed by atoms with Crippen molar-refractivity contribution in [1.82, 2.24) is 4.98 Å². The van der Waals surface area contributed by atoms with Gasteiger partial charge in [-0.15, -0.1) is 0 Å². The lowest BCUT2D eigenvalue weighted by Crippen LogP contribution is -2.21. The first-order valence-electron chi connectivity index (χ1n) is 18.2. The van der Waals surface area contributed by atoms with Gasteiger partial charge in [0, 0.05) is 44.1 Å². The minimum atomic E-state index is 0.196. The van der Waals surface area contributed by atoms with Crippen molar-refractivity contribution in [2.75, 3.05) is 0 Å². The van der Waals surface area contributed by atoms with Crippen LogP contribution in [0.3, 0.4) is 0 Å². The number of fused-ring (bicyclic) bond motifs is 9. The molecule has 0 spiro atoms. The molecular weight excluding hydrogens is 659 g/mol. The van der Waals surface area contributed by atoms with E-state index in [9.17, 15) is 5.11 Å². The van der Waals surface area contributed by atoms with Crippen LogP contribution < -0.4 is 10.7 Å². The number of nitrogens with one attached hydrogen (secondary N) is 1. The van der Waals surface area contributed by atoms with Crippen LogP contribution in [-0.4, -0.2) is 21.5 Å². The summed E-state index contributed by atoms with van der Waals surface area (Å²) in [7, 11) is 0. The predicted octanol–water partition coefficient (Wildman–Crippen LogP) is 9.48. The van der Waals surface area contributed by atoms with Crippen molar-refractivity contribution in [1.29, 1.82) is 0 Å². The highest BCUT2D eigenvalue weighted by atomic mass is 16.3. The maximum Gasteiger partial charge on any atom is 0.132 e. The number of benzene rings is 4. The van der Waals surface area contributed by atoms with Crippen molar-refractivity contribution in [2.24, 2.45) is 9.98 Å². The summed E-state index contributed by atoms with van der Waals surface area (Å²) in [5.74, 6) is 0.196. The highest BCUT2D eigenvalue weighted by Crippen LogP contribution is 2.52. The molecule has 8 bridgehead atoms. The monoisotopic (exact) mass is 691 g/mol. The van der Waals surface area contributed by atoms with E-state index in [2.05, 4.69) is 126 Å². The van der Waals surface area contributed by atoms with Gasteiger partial charge in [-0.3, -0.25) is 0 Å². The molecule has 0 saturated heterocycles. The fourth-order valence-electron chi connectivity index (χ4n) is 7.98. The van der Waals surface area contributed by atoms with Gasteiger partial charge in [0.1, 0.15) is 5.75 Å². The van der Waals surface area contributed by atoms with Crippen LogP contribution in [0, 0.1) is 0 Å². The number of hydrogen-bond acceptors (Lipinski definition) is 3. The van der Waals surface area contributed by atoms with E-state index in [1.165, 1.54) is 0 Å². The van der Waals surface area contributed by atoms with Gasteiger partial charge in [0.2, 0.25) is 0 Å². The Morgan fingerprint density at radius 2 is 0.685 bits per heavy atom. The number of aromatic hydroxyl groups is 1. The van der Waals surface area contributed by atoms with Crippen molar-refractivity contribution in [3.63, 3.8) is 0 Å². The molecule has 0 amide bonds. The Labute approximate surface area is 313 Å². The lowest BCUT2D eigenvalue weighted by Gasteiger charge is -2.13. The lowest BCUT2D eigenvalue weighted by molar-refractivity contribution is 0.474. The highest BCUT2D eigenvalue weighted by molar-refractivity contribution is 6.32. The first-order chi connectivity index (χ1) is 26.7. The molecule has 0 atom stereocenters. The lowest BCUT2D eigenvalue weighted by atomic mass is 9.93. The van der Waals surface area contributed by atoms with Crippen LogP contribution in [-0.2, 0) is 0 Å². The molecule has 5 aromatic rings. The molecule has 4 aromatic carbocycles. The summed E-state index contributed by atoms with van der Waals surface area (Å²) in [6.45, 7) is 0. The molecule has 5 aliphatic rings. The zero-order chi connectivity index (χ0) is 36.0. The van der Waals surface area contributed by atoms with Crippen LogP contribution in [0.5, 0.6) is 5.75 Å². The van der Waals surface area contributed by atoms with E-state index in [-0.39, 0.29) is 5.75 Å². The van der Waals surface area contributed by atoms with E-state index >= 15 is 0 Å². The number of aromatic nitrogens is 1. The van der Waals surface area contributed by atoms with Gasteiger partial charge in [-0.05, 0) is 69.8 Å². The third kappa shape index (κ3) is 5.23. The summed E-state index contributed by atoms with van der Waals surface area (Å²) in [6, 6.07) is 56.0. The molecule has 2 N–H and O–H groups in total. The quantitative estimate of drug-likeness (QED) is 0.190. The fourth-order valence-corrected chi connectivity index (χ4v) is 7.98. The van der Waals surface area contributed by atoms with Crippen molar-refractivity contribution in [3.05, 3.63) is 244 Å². The average Bonchev–Trinajstić information content (AvgIpc) is 4.02. The third-order valence-corrected chi connectivity index (χ3v) is 10.3. The van der Waals surface area contributed by atoms with Crippen molar-refractivity contribution < 1.29 is 5.11 Å². The van der Waals surface area contributed by atoms with Crippen LogP contribution >= 0.6 is 0 Å². The molecule has 4 heteroatoms. The molecule has 1 aromatic heterocycles. The second kappa shape index (κ2) is 13.0. The minimum Gasteiger partial charge on any atom is -0.507 e. The van der Waals surface area contributed by atoms with E-state index in [1.807, 2.05) is 66.7 Å². The zero-order valence-electron chi connectivity index (χ0n) is 29.2. The third-order valence-electron chi connectivity index (χ3n) is 10.3. The molecule has 54 heavy (non-hydrogen) atoms. The molecule has 0 unspecified atom stereocenters. The van der Waals surface area contributed by atoms with E-state index in [1.54, 1.807) is 0 Å². The fraction of sp³-hybridized carbons (Fsp3) is 0. The first-order valence-corrected chi connectivity index (χ1v) is 18.2. The van der Waals surface area contributed by atoms with Crippen molar-refractivity contribution in [2.45, 2.75) is 0 Å². The van der Waals surface area contributed by atoms with E-state index in [0.29, 0.717) is 0 Å². The van der Waals surface area contributed by atoms with Crippen LogP contribution in [0.4, 0.5) is 0 Å². The Morgan fingerprint density at radius 3 is 1.06 bits per heavy atom. The Kier molecular flexibility index (Phi) is 7.59. The van der Waals surface area contributed by atoms with Gasteiger partial charge in [0.15, 0.2) is 0 Å². The minimum absolute atomic E-state index is 0.196. The van der Waals surface area contributed by atoms with Gasteiger partial charge < -0.3 is 10.1 Å². The van der Waals surface area contributed by atoms with Gasteiger partial charge in [0.25, 0.3) is 0 Å². The Morgan fingerprint density at radius 1 is 0.352 bits per heavy atom. The zero-order valence-corrected chi connectivity index (χ0v) is 29.2. The maximum atomic E-state index is 12.9. The molecule has 0 fully saturated rings. The second-order valence-corrected chi connectivity index (χ2v) is 13.5.